The lowest BCUT2D eigenvalue weighted by Crippen LogP contribution is -2.46. The van der Waals surface area contributed by atoms with E-state index in [1.165, 1.54) is 5.56 Å². The Balaban J connectivity index is 2.14. The molecule has 4 heteroatoms. The monoisotopic (exact) mass is 244 g/mol. The van der Waals surface area contributed by atoms with Crippen molar-refractivity contribution in [2.24, 2.45) is 0 Å². The maximum absolute atomic E-state index is 11.8. The molecule has 1 saturated heterocycles. The highest BCUT2D eigenvalue weighted by Crippen LogP contribution is 2.20. The second-order valence-corrected chi connectivity index (χ2v) is 4.32. The molecule has 1 unspecified atom stereocenters. The minimum absolute atomic E-state index is 0.0477. The number of rotatable bonds is 3. The summed E-state index contributed by atoms with van der Waals surface area (Å²) in [6, 6.07) is 10.0. The predicted octanol–water partition coefficient (Wildman–Crippen LogP) is 1.89. The molecule has 2 rings (SSSR count). The number of aryl methyl sites for hydroxylation is 1. The highest BCUT2D eigenvalue weighted by atomic mass is 16.5. The Bertz CT molecular complexity index is 462. The number of nitriles is 1. The standard InChI is InChI=1S/C14H16N2O2/c1-2-11-3-5-12(6-4-11)16-9-13(7-8-15)18-10-14(16)17/h3-6,13H,2,7,9-10H2,1H3. The van der Waals surface area contributed by atoms with Crippen molar-refractivity contribution in [2.75, 3.05) is 18.1 Å². The Morgan fingerprint density at radius 1 is 1.44 bits per heavy atom. The zero-order valence-electron chi connectivity index (χ0n) is 10.4. The lowest BCUT2D eigenvalue weighted by atomic mass is 10.1. The number of carbonyl (C=O) groups is 1. The molecule has 0 spiro atoms. The van der Waals surface area contributed by atoms with E-state index in [9.17, 15) is 4.79 Å². The molecular weight excluding hydrogens is 228 g/mol. The van der Waals surface area contributed by atoms with Gasteiger partial charge in [0.1, 0.15) is 6.61 Å². The highest BCUT2D eigenvalue weighted by Gasteiger charge is 2.27. The van der Waals surface area contributed by atoms with Crippen molar-refractivity contribution < 1.29 is 9.53 Å². The predicted molar refractivity (Wildman–Crippen MR) is 68.1 cm³/mol. The summed E-state index contributed by atoms with van der Waals surface area (Å²) < 4.78 is 5.31. The van der Waals surface area contributed by atoms with Crippen LogP contribution in [0.2, 0.25) is 0 Å². The second kappa shape index (κ2) is 5.65. The molecule has 94 valence electrons. The van der Waals surface area contributed by atoms with Crippen molar-refractivity contribution in [2.45, 2.75) is 25.9 Å². The summed E-state index contributed by atoms with van der Waals surface area (Å²) >= 11 is 0. The van der Waals surface area contributed by atoms with Crippen molar-refractivity contribution in [3.8, 4) is 6.07 Å². The summed E-state index contributed by atoms with van der Waals surface area (Å²) in [7, 11) is 0. The molecule has 0 aliphatic carbocycles. The van der Waals surface area contributed by atoms with Crippen LogP contribution in [-0.4, -0.2) is 25.2 Å². The largest absolute Gasteiger partial charge is 0.365 e. The van der Waals surface area contributed by atoms with Gasteiger partial charge in [0.05, 0.1) is 25.1 Å². The first kappa shape index (κ1) is 12.6. The molecule has 1 fully saturated rings. The van der Waals surface area contributed by atoms with Crippen LogP contribution in [0.25, 0.3) is 0 Å². The summed E-state index contributed by atoms with van der Waals surface area (Å²) in [6.45, 7) is 2.61. The summed E-state index contributed by atoms with van der Waals surface area (Å²) in [5.74, 6) is -0.0477. The average molecular weight is 244 g/mol. The van der Waals surface area contributed by atoms with Gasteiger partial charge in [-0.25, -0.2) is 0 Å². The van der Waals surface area contributed by atoms with E-state index in [0.29, 0.717) is 13.0 Å². The van der Waals surface area contributed by atoms with Gasteiger partial charge >= 0.3 is 0 Å². The third-order valence-electron chi connectivity index (χ3n) is 3.10. The van der Waals surface area contributed by atoms with Crippen LogP contribution in [0.3, 0.4) is 0 Å². The van der Waals surface area contributed by atoms with Crippen LogP contribution in [0.4, 0.5) is 5.69 Å². The SMILES string of the molecule is CCc1ccc(N2CC(CC#N)OCC2=O)cc1. The van der Waals surface area contributed by atoms with E-state index >= 15 is 0 Å². The van der Waals surface area contributed by atoms with Gasteiger partial charge in [-0.05, 0) is 24.1 Å². The van der Waals surface area contributed by atoms with Crippen molar-refractivity contribution in [3.05, 3.63) is 29.8 Å². The lowest BCUT2D eigenvalue weighted by molar-refractivity contribution is -0.129. The van der Waals surface area contributed by atoms with Gasteiger partial charge in [0, 0.05) is 5.69 Å². The number of ether oxygens (including phenoxy) is 1. The fourth-order valence-corrected chi connectivity index (χ4v) is 2.01. The van der Waals surface area contributed by atoms with Crippen LogP contribution in [0.15, 0.2) is 24.3 Å². The van der Waals surface area contributed by atoms with Crippen molar-refractivity contribution in [1.29, 1.82) is 5.26 Å². The first-order chi connectivity index (χ1) is 8.74. The van der Waals surface area contributed by atoms with Crippen LogP contribution in [0, 0.1) is 11.3 Å². The van der Waals surface area contributed by atoms with E-state index < -0.39 is 0 Å². The van der Waals surface area contributed by atoms with Gasteiger partial charge in [0.25, 0.3) is 5.91 Å². The summed E-state index contributed by atoms with van der Waals surface area (Å²) in [5, 5.41) is 8.68. The molecule has 0 bridgehead atoms. The minimum Gasteiger partial charge on any atom is -0.365 e. The van der Waals surface area contributed by atoms with E-state index in [4.69, 9.17) is 10.00 Å². The first-order valence-corrected chi connectivity index (χ1v) is 6.12. The molecule has 0 saturated carbocycles. The zero-order chi connectivity index (χ0) is 13.0. The summed E-state index contributed by atoms with van der Waals surface area (Å²) in [6.07, 6.45) is 1.11. The average Bonchev–Trinajstić information content (AvgIpc) is 2.41. The fourth-order valence-electron chi connectivity index (χ4n) is 2.01. The number of hydrogen-bond donors (Lipinski definition) is 0. The number of anilines is 1. The molecule has 0 radical (unpaired) electrons. The van der Waals surface area contributed by atoms with Crippen molar-refractivity contribution >= 4 is 11.6 Å². The highest BCUT2D eigenvalue weighted by molar-refractivity contribution is 5.95. The van der Waals surface area contributed by atoms with Gasteiger partial charge in [-0.3, -0.25) is 4.79 Å². The summed E-state index contributed by atoms with van der Waals surface area (Å²) in [5.41, 5.74) is 2.12. The molecule has 1 heterocycles. The van der Waals surface area contributed by atoms with Crippen LogP contribution in [-0.2, 0) is 16.0 Å². The molecule has 1 amide bonds. The summed E-state index contributed by atoms with van der Waals surface area (Å²) in [4.78, 5) is 13.5. The quantitative estimate of drug-likeness (QED) is 0.816. The number of amides is 1. The zero-order valence-corrected chi connectivity index (χ0v) is 10.4. The number of benzene rings is 1. The number of hydrogen-bond acceptors (Lipinski definition) is 3. The lowest BCUT2D eigenvalue weighted by Gasteiger charge is -2.31. The van der Waals surface area contributed by atoms with E-state index in [1.807, 2.05) is 24.3 Å². The van der Waals surface area contributed by atoms with Crippen molar-refractivity contribution in [1.82, 2.24) is 0 Å². The van der Waals surface area contributed by atoms with Crippen LogP contribution >= 0.6 is 0 Å². The van der Waals surface area contributed by atoms with Gasteiger partial charge < -0.3 is 9.64 Å². The molecule has 18 heavy (non-hydrogen) atoms. The van der Waals surface area contributed by atoms with Gasteiger partial charge in [0.15, 0.2) is 0 Å². The van der Waals surface area contributed by atoms with Crippen molar-refractivity contribution in [3.63, 3.8) is 0 Å². The number of nitrogens with zero attached hydrogens (tertiary/aromatic N) is 2. The Hall–Kier alpha value is -1.86. The fraction of sp³-hybridized carbons (Fsp3) is 0.429. The van der Waals surface area contributed by atoms with Crippen LogP contribution in [0.5, 0.6) is 0 Å². The van der Waals surface area contributed by atoms with Gasteiger partial charge in [0.2, 0.25) is 0 Å². The maximum atomic E-state index is 11.8. The van der Waals surface area contributed by atoms with E-state index in [1.54, 1.807) is 4.90 Å². The van der Waals surface area contributed by atoms with E-state index in [2.05, 4.69) is 13.0 Å². The van der Waals surface area contributed by atoms with E-state index in [-0.39, 0.29) is 18.6 Å². The topological polar surface area (TPSA) is 53.3 Å². The maximum Gasteiger partial charge on any atom is 0.253 e. The Morgan fingerprint density at radius 2 is 2.17 bits per heavy atom. The second-order valence-electron chi connectivity index (χ2n) is 4.32. The molecule has 4 nitrogen and oxygen atoms in total. The van der Waals surface area contributed by atoms with Gasteiger partial charge in [-0.1, -0.05) is 19.1 Å². The molecule has 0 N–H and O–H groups in total. The molecule has 1 aliphatic heterocycles. The molecule has 1 aromatic carbocycles. The molecule has 1 aliphatic rings. The molecular formula is C14H16N2O2. The normalized spacial score (nSPS) is 19.7. The number of morpholine rings is 1. The third-order valence-corrected chi connectivity index (χ3v) is 3.10. The number of carbonyl (C=O) groups excluding carboxylic acids is 1. The Kier molecular flexibility index (Phi) is 3.96. The van der Waals surface area contributed by atoms with Crippen LogP contribution in [0.1, 0.15) is 18.9 Å². The third kappa shape index (κ3) is 2.69. The van der Waals surface area contributed by atoms with Gasteiger partial charge in [-0.2, -0.15) is 5.26 Å². The van der Waals surface area contributed by atoms with E-state index in [0.717, 1.165) is 12.1 Å². The molecule has 1 atom stereocenters. The first-order valence-electron chi connectivity index (χ1n) is 6.12. The smallest absolute Gasteiger partial charge is 0.253 e. The molecule has 1 aromatic rings. The molecule has 0 aromatic heterocycles. The van der Waals surface area contributed by atoms with Crippen LogP contribution < -0.4 is 4.90 Å². The minimum atomic E-state index is -0.182. The van der Waals surface area contributed by atoms with Gasteiger partial charge in [-0.15, -0.1) is 0 Å². The Labute approximate surface area is 107 Å². The Morgan fingerprint density at radius 3 is 2.78 bits per heavy atom.